The highest BCUT2D eigenvalue weighted by Crippen LogP contribution is 2.68. The van der Waals surface area contributed by atoms with Crippen LogP contribution < -0.4 is 37.8 Å². The van der Waals surface area contributed by atoms with Crippen molar-refractivity contribution >= 4 is 88.4 Å². The van der Waals surface area contributed by atoms with Crippen molar-refractivity contribution in [2.75, 3.05) is 58.2 Å². The smallest absolute Gasteiger partial charge is 0.490 e. The van der Waals surface area contributed by atoms with Gasteiger partial charge in [0.05, 0.1) is 45.9 Å². The molecule has 41 nitrogen and oxygen atoms in total. The molecule has 14 N–H and O–H groups in total. The summed E-state index contributed by atoms with van der Waals surface area (Å²) in [4.78, 5) is 114. The summed E-state index contributed by atoms with van der Waals surface area (Å²) in [6.45, 7) is -3.63. The van der Waals surface area contributed by atoms with Gasteiger partial charge < -0.3 is 89.7 Å². The molecule has 4 saturated heterocycles. The molecule has 4 fully saturated rings. The van der Waals surface area contributed by atoms with E-state index in [2.05, 4.69) is 48.5 Å². The zero-order valence-corrected chi connectivity index (χ0v) is 46.0. The second-order valence-corrected chi connectivity index (χ2v) is 24.9. The van der Waals surface area contributed by atoms with Gasteiger partial charge >= 0.3 is 29.1 Å². The average molecular weight is 1240 g/mol. The van der Waals surface area contributed by atoms with Crippen molar-refractivity contribution < 1.29 is 113 Å². The fourth-order valence-corrected chi connectivity index (χ4v) is 14.2. The lowest BCUT2D eigenvalue weighted by atomic mass is 9.91. The van der Waals surface area contributed by atoms with E-state index in [1.54, 1.807) is 0 Å². The van der Waals surface area contributed by atoms with E-state index in [1.165, 1.54) is 41.2 Å². The predicted molar refractivity (Wildman–Crippen MR) is 262 cm³/mol. The highest BCUT2D eigenvalue weighted by atomic mass is 31.3. The largest absolute Gasteiger partial charge is 0.756 e. The van der Waals surface area contributed by atoms with E-state index in [0.717, 1.165) is 35.6 Å². The topological polar surface area (TPSA) is 574 Å². The van der Waals surface area contributed by atoms with Crippen LogP contribution in [0.4, 0.5) is 17.7 Å². The Morgan fingerprint density at radius 2 is 1.45 bits per heavy atom. The Morgan fingerprint density at radius 1 is 0.817 bits per heavy atom. The van der Waals surface area contributed by atoms with Crippen LogP contribution in [-0.4, -0.2) is 196 Å². The minimum absolute atomic E-state index is 0.00765. The highest BCUT2D eigenvalue weighted by molar-refractivity contribution is 7.66. The molecule has 17 atom stereocenters. The molecule has 4 aliphatic rings. The number of amides is 1. The van der Waals surface area contributed by atoms with Gasteiger partial charge in [0, 0.05) is 21.2 Å². The number of aliphatic hydroxyl groups excluding tert-OH is 3. The van der Waals surface area contributed by atoms with Crippen LogP contribution in [0.15, 0.2) is 34.9 Å². The fraction of sp³-hybridized carbons (Fsp3) is 0.568. The van der Waals surface area contributed by atoms with Gasteiger partial charge in [0.1, 0.15) is 66.8 Å². The number of hydrogen-bond acceptors (Lipinski definition) is 31. The monoisotopic (exact) mass is 1240 g/mol. The van der Waals surface area contributed by atoms with Gasteiger partial charge in [0.2, 0.25) is 23.6 Å². The van der Waals surface area contributed by atoms with Crippen molar-refractivity contribution in [1.29, 1.82) is 0 Å². The SMILES string of the molecule is CO[C@H]1C(OP(=O)([O-])OC[C@H]2O[C@@H](n3cnc4c(=O)[nH]c(N)nc43)[C@@H](O)C2O)[C@@H](COP(=O)(O)OP(=O)(O)OP(=O)(O)OC[C@]23O[C@@H]([n+]4cn(C)c5c(=O)[nH]c(N)nc54)C(O[C@H]2CC(=O)N(C)C)[C@H]3O)O[C@H]1n1cnc2c(N)ncnc21. The van der Waals surface area contributed by atoms with Crippen LogP contribution in [0, 0.1) is 0 Å². The number of nitrogens with two attached hydrogens (primary N) is 3. The third kappa shape index (κ3) is 11.1. The number of phosphoric acid groups is 4. The molecular weight excluding hydrogens is 1190 g/mol. The van der Waals surface area contributed by atoms with Crippen LogP contribution in [0.2, 0.25) is 0 Å². The van der Waals surface area contributed by atoms with Gasteiger partial charge in [-0.2, -0.15) is 13.6 Å². The van der Waals surface area contributed by atoms with Gasteiger partial charge in [-0.15, -0.1) is 0 Å². The van der Waals surface area contributed by atoms with E-state index >= 15 is 0 Å². The minimum Gasteiger partial charge on any atom is -0.756 e. The quantitative estimate of drug-likeness (QED) is 0.0237. The van der Waals surface area contributed by atoms with Crippen LogP contribution in [-0.2, 0) is 80.5 Å². The maximum Gasteiger partial charge on any atom is 0.490 e. The van der Waals surface area contributed by atoms with Crippen molar-refractivity contribution in [2.24, 2.45) is 7.05 Å². The first kappa shape index (κ1) is 59.5. The summed E-state index contributed by atoms with van der Waals surface area (Å²) in [6.07, 6.45) is -15.9. The van der Waals surface area contributed by atoms with Gasteiger partial charge in [0.25, 0.3) is 24.9 Å². The molecule has 6 aromatic rings. The number of aromatic amines is 2. The predicted octanol–water partition coefficient (Wildman–Crippen LogP) is -5.09. The van der Waals surface area contributed by atoms with Gasteiger partial charge in [-0.25, -0.2) is 38.2 Å². The summed E-state index contributed by atoms with van der Waals surface area (Å²) in [6, 6.07) is 0. The van der Waals surface area contributed by atoms with Crippen LogP contribution in [0.5, 0.6) is 0 Å². The Morgan fingerprint density at radius 3 is 2.15 bits per heavy atom. The number of imidazole rings is 3. The number of fused-ring (bicyclic) bond motifs is 5. The normalized spacial score (nSPS) is 31.2. The molecule has 45 heteroatoms. The second kappa shape index (κ2) is 21.7. The summed E-state index contributed by atoms with van der Waals surface area (Å²) in [5.74, 6) is -1.33. The van der Waals surface area contributed by atoms with Crippen LogP contribution in [0.25, 0.3) is 33.5 Å². The molecule has 82 heavy (non-hydrogen) atoms. The summed E-state index contributed by atoms with van der Waals surface area (Å²) in [7, 11) is -18.8. The molecule has 10 heterocycles. The summed E-state index contributed by atoms with van der Waals surface area (Å²) in [5.41, 5.74) is 13.3. The van der Waals surface area contributed by atoms with Crippen molar-refractivity contribution in [2.45, 2.75) is 85.6 Å². The van der Waals surface area contributed by atoms with Crippen molar-refractivity contribution in [1.82, 2.24) is 58.5 Å². The Bertz CT molecular complexity index is 3790. The van der Waals surface area contributed by atoms with Crippen molar-refractivity contribution in [3.63, 3.8) is 0 Å². The number of carbonyl (C=O) groups is 1. The first-order valence-corrected chi connectivity index (χ1v) is 29.5. The lowest BCUT2D eigenvalue weighted by molar-refractivity contribution is -0.753. The molecule has 10 rings (SSSR count). The van der Waals surface area contributed by atoms with E-state index < -0.39 is 154 Å². The van der Waals surface area contributed by atoms with E-state index in [-0.39, 0.29) is 51.2 Å². The molecule has 0 aromatic carbocycles. The number of nitrogens with one attached hydrogen (secondary N) is 2. The number of hydrogen-bond donors (Lipinski definition) is 11. The number of rotatable bonds is 21. The lowest BCUT2D eigenvalue weighted by Gasteiger charge is -2.36. The Kier molecular flexibility index (Phi) is 15.8. The minimum atomic E-state index is -6.32. The standard InChI is InChI=1S/C37H50N16O25P4/c1-49(2)16(54)5-15-37(25(57)24(74-15)34(75-37)53-12-50(3)19-29(53)46-36(40)48-31(19)59)8-71-81(64,65)78-82(66,67)77-80(62,63)70-7-14-22(23(68-4)33(73-14)51-10-43-17-26(38)41-9-42-27(17)51)76-79(60,61)69-6-13-20(55)21(56)32(72-13)52-11-44-18-28(52)45-35(39)47-30(18)58/h9-15,20-25,32-34,55-57H,5-8H2,1-4H3,(H11-,38,39,40,41,42,45,46,47,48,58,59,60,61,62,63,64,65,66,67)/t13-,14-,15+,20?,21+,22?,23+,24?,25-,32-,33-,34-,37+/m1/s1. The Labute approximate surface area is 455 Å². The number of anilines is 3. The highest BCUT2D eigenvalue weighted by Gasteiger charge is 2.69. The van der Waals surface area contributed by atoms with Crippen LogP contribution in [0.1, 0.15) is 25.1 Å². The van der Waals surface area contributed by atoms with Gasteiger partial charge in [0.15, 0.2) is 47.0 Å². The summed E-state index contributed by atoms with van der Waals surface area (Å²) < 4.78 is 117. The summed E-state index contributed by atoms with van der Waals surface area (Å²) in [5, 5.41) is 33.4. The van der Waals surface area contributed by atoms with Gasteiger partial charge in [-0.1, -0.05) is 4.98 Å². The molecule has 448 valence electrons. The molecule has 0 spiro atoms. The Balaban J connectivity index is 0.832. The third-order valence-electron chi connectivity index (χ3n) is 13.4. The number of nitrogen functional groups attached to an aromatic ring is 3. The molecule has 0 aliphatic carbocycles. The third-order valence-corrected chi connectivity index (χ3v) is 18.6. The zero-order valence-electron chi connectivity index (χ0n) is 42.4. The molecule has 4 aliphatic heterocycles. The number of nitrogens with zero attached hydrogens (tertiary/aromatic N) is 11. The van der Waals surface area contributed by atoms with E-state index in [4.69, 9.17) is 59.0 Å². The number of aromatic nitrogens is 12. The number of methoxy groups -OCH3 is 1. The van der Waals surface area contributed by atoms with E-state index in [1.807, 2.05) is 0 Å². The number of phosphoric ester groups is 3. The summed E-state index contributed by atoms with van der Waals surface area (Å²) >= 11 is 0. The van der Waals surface area contributed by atoms with Crippen molar-refractivity contribution in [3.05, 3.63) is 46.0 Å². The number of carbonyl (C=O) groups excluding carboxylic acids is 1. The number of H-pyrrole nitrogens is 2. The van der Waals surface area contributed by atoms with Crippen LogP contribution >= 0.6 is 31.3 Å². The maximum atomic E-state index is 13.7. The average Bonchev–Trinajstić information content (AvgIpc) is 2.25. The maximum absolute atomic E-state index is 13.7. The second-order valence-electron chi connectivity index (χ2n) is 18.9. The molecule has 0 saturated carbocycles. The van der Waals surface area contributed by atoms with E-state index in [9.17, 15) is 67.5 Å². The molecule has 0 radical (unpaired) electrons. The molecule has 2 bridgehead atoms. The molecule has 7 unspecified atom stereocenters. The Hall–Kier alpha value is -5.68. The van der Waals surface area contributed by atoms with Crippen LogP contribution in [0.3, 0.4) is 0 Å². The number of ether oxygens (including phenoxy) is 5. The van der Waals surface area contributed by atoms with Gasteiger partial charge in [-0.05, 0) is 0 Å². The molecular formula is C37H50N16O25P4. The van der Waals surface area contributed by atoms with Crippen molar-refractivity contribution in [3.8, 4) is 0 Å². The van der Waals surface area contributed by atoms with E-state index in [0.29, 0.717) is 0 Å². The molecule has 6 aromatic heterocycles. The van der Waals surface area contributed by atoms with Gasteiger partial charge in [-0.3, -0.25) is 51.7 Å². The first-order valence-electron chi connectivity index (χ1n) is 23.6. The number of aliphatic hydroxyl groups is 3. The molecule has 1 amide bonds. The number of aryl methyl sites for hydroxylation is 1. The first-order chi connectivity index (χ1) is 38.4. The lowest BCUT2D eigenvalue weighted by Crippen LogP contribution is -2.55. The zero-order chi connectivity index (χ0) is 59.3. The fourth-order valence-electron chi connectivity index (χ4n) is 9.70.